The highest BCUT2D eigenvalue weighted by atomic mass is 16.5. The van der Waals surface area contributed by atoms with Gasteiger partial charge >= 0.3 is 0 Å². The highest BCUT2D eigenvalue weighted by Gasteiger charge is 2.30. The van der Waals surface area contributed by atoms with Crippen molar-refractivity contribution < 1.29 is 14.9 Å². The minimum absolute atomic E-state index is 0.351. The van der Waals surface area contributed by atoms with Gasteiger partial charge < -0.3 is 25.2 Å². The van der Waals surface area contributed by atoms with Crippen LogP contribution in [0.3, 0.4) is 0 Å². The summed E-state index contributed by atoms with van der Waals surface area (Å²) in [6.45, 7) is 6.54. The number of aromatic nitrogens is 2. The Hall–Kier alpha value is -1.44. The molecule has 118 valence electrons. The lowest BCUT2D eigenvalue weighted by molar-refractivity contribution is 0.0572. The van der Waals surface area contributed by atoms with Crippen LogP contribution >= 0.6 is 0 Å². The van der Waals surface area contributed by atoms with Gasteiger partial charge in [0.15, 0.2) is 5.82 Å². The molecule has 1 fully saturated rings. The second-order valence-corrected chi connectivity index (χ2v) is 5.13. The molecule has 0 saturated carbocycles. The van der Waals surface area contributed by atoms with Crippen molar-refractivity contribution in [3.8, 4) is 0 Å². The van der Waals surface area contributed by atoms with Crippen LogP contribution in [0.1, 0.15) is 26.1 Å². The van der Waals surface area contributed by atoms with E-state index >= 15 is 0 Å². The first kappa shape index (κ1) is 15.9. The molecule has 0 bridgehead atoms. The average Bonchev–Trinajstić information content (AvgIpc) is 2.82. The first-order valence-electron chi connectivity index (χ1n) is 7.44. The fourth-order valence-corrected chi connectivity index (χ4v) is 2.20. The summed E-state index contributed by atoms with van der Waals surface area (Å²) in [5, 5.41) is 22.6. The van der Waals surface area contributed by atoms with Gasteiger partial charge in [-0.2, -0.15) is 0 Å². The van der Waals surface area contributed by atoms with Crippen LogP contribution in [0.5, 0.6) is 0 Å². The summed E-state index contributed by atoms with van der Waals surface area (Å²) in [5.41, 5.74) is 0. The van der Waals surface area contributed by atoms with E-state index in [1.54, 1.807) is 0 Å². The molecule has 3 N–H and O–H groups in total. The Kier molecular flexibility index (Phi) is 5.72. The Morgan fingerprint density at radius 1 is 1.29 bits per heavy atom. The summed E-state index contributed by atoms with van der Waals surface area (Å²) in [6, 6.07) is 1.84. The molecule has 2 rings (SSSR count). The van der Waals surface area contributed by atoms with Crippen LogP contribution in [0.25, 0.3) is 0 Å². The van der Waals surface area contributed by atoms with Crippen LogP contribution < -0.4 is 10.2 Å². The molecule has 1 saturated heterocycles. The van der Waals surface area contributed by atoms with Gasteiger partial charge in [0.1, 0.15) is 18.2 Å². The number of β-amino-alcohol motifs (C(OH)–C–C–N with tert-alkyl or cyclic N) is 2. The van der Waals surface area contributed by atoms with Crippen molar-refractivity contribution in [2.45, 2.75) is 39.1 Å². The predicted molar refractivity (Wildman–Crippen MR) is 80.4 cm³/mol. The van der Waals surface area contributed by atoms with E-state index in [1.165, 1.54) is 0 Å². The molecule has 7 nitrogen and oxygen atoms in total. The van der Waals surface area contributed by atoms with Gasteiger partial charge in [0.25, 0.3) is 0 Å². The maximum absolute atomic E-state index is 9.68. The van der Waals surface area contributed by atoms with E-state index in [9.17, 15) is 10.2 Å². The highest BCUT2D eigenvalue weighted by molar-refractivity contribution is 5.50. The van der Waals surface area contributed by atoms with Crippen molar-refractivity contribution in [1.29, 1.82) is 0 Å². The first-order chi connectivity index (χ1) is 10.1. The lowest BCUT2D eigenvalue weighted by Gasteiger charge is -2.18. The van der Waals surface area contributed by atoms with Crippen LogP contribution in [0.4, 0.5) is 11.6 Å². The molecule has 1 aromatic heterocycles. The fraction of sp³-hybridized carbons (Fsp3) is 0.714. The zero-order valence-corrected chi connectivity index (χ0v) is 12.6. The molecule has 0 aliphatic carbocycles. The average molecular weight is 296 g/mol. The van der Waals surface area contributed by atoms with E-state index in [2.05, 4.69) is 22.2 Å². The van der Waals surface area contributed by atoms with Gasteiger partial charge in [-0.15, -0.1) is 0 Å². The number of hydrogen-bond donors (Lipinski definition) is 3. The molecule has 7 heteroatoms. The van der Waals surface area contributed by atoms with Gasteiger partial charge in [-0.05, 0) is 13.3 Å². The van der Waals surface area contributed by atoms with Crippen molar-refractivity contribution in [2.24, 2.45) is 0 Å². The molecule has 1 aliphatic heterocycles. The number of ether oxygens (including phenoxy) is 1. The summed E-state index contributed by atoms with van der Waals surface area (Å²) >= 11 is 0. The van der Waals surface area contributed by atoms with Crippen LogP contribution in [0.15, 0.2) is 6.07 Å². The van der Waals surface area contributed by atoms with Gasteiger partial charge in [0, 0.05) is 32.3 Å². The second kappa shape index (κ2) is 7.53. The summed E-state index contributed by atoms with van der Waals surface area (Å²) < 4.78 is 5.37. The van der Waals surface area contributed by atoms with Gasteiger partial charge in [0.2, 0.25) is 0 Å². The molecule has 2 unspecified atom stereocenters. The first-order valence-corrected chi connectivity index (χ1v) is 7.44. The summed E-state index contributed by atoms with van der Waals surface area (Å²) in [7, 11) is 0. The zero-order valence-electron chi connectivity index (χ0n) is 12.6. The normalized spacial score (nSPS) is 21.8. The van der Waals surface area contributed by atoms with Gasteiger partial charge in [-0.1, -0.05) is 6.92 Å². The van der Waals surface area contributed by atoms with Crippen LogP contribution in [0, 0.1) is 0 Å². The lowest BCUT2D eigenvalue weighted by atomic mass is 10.3. The highest BCUT2D eigenvalue weighted by Crippen LogP contribution is 2.21. The Balaban J connectivity index is 2.18. The summed E-state index contributed by atoms with van der Waals surface area (Å²) in [6.07, 6.45) is -0.467. The zero-order chi connectivity index (χ0) is 15.2. The van der Waals surface area contributed by atoms with E-state index in [0.717, 1.165) is 18.8 Å². The number of nitrogens with one attached hydrogen (secondary N) is 1. The van der Waals surface area contributed by atoms with Crippen molar-refractivity contribution in [3.63, 3.8) is 0 Å². The van der Waals surface area contributed by atoms with E-state index in [4.69, 9.17) is 4.74 Å². The summed E-state index contributed by atoms with van der Waals surface area (Å²) in [5.74, 6) is 2.05. The number of rotatable bonds is 7. The van der Waals surface area contributed by atoms with Gasteiger partial charge in [-0.3, -0.25) is 0 Å². The third-order valence-electron chi connectivity index (χ3n) is 3.33. The van der Waals surface area contributed by atoms with Crippen molar-refractivity contribution in [1.82, 2.24) is 9.97 Å². The molecule has 2 atom stereocenters. The van der Waals surface area contributed by atoms with Gasteiger partial charge in [-0.25, -0.2) is 9.97 Å². The number of aliphatic hydroxyl groups is 2. The minimum atomic E-state index is -0.734. The number of anilines is 2. The van der Waals surface area contributed by atoms with Crippen LogP contribution in [-0.2, 0) is 11.3 Å². The molecule has 21 heavy (non-hydrogen) atoms. The molecular weight excluding hydrogens is 272 g/mol. The molecule has 0 amide bonds. The Labute approximate surface area is 125 Å². The van der Waals surface area contributed by atoms with Crippen LogP contribution in [-0.4, -0.2) is 58.6 Å². The van der Waals surface area contributed by atoms with Crippen molar-refractivity contribution >= 4 is 11.6 Å². The Morgan fingerprint density at radius 2 is 2.00 bits per heavy atom. The minimum Gasteiger partial charge on any atom is -0.389 e. The Bertz CT molecular complexity index is 422. The molecular formula is C14H24N4O3. The SMILES string of the molecule is CCCNc1cc(N2CC(O)C(O)C2)nc(COCC)n1. The number of nitrogens with zero attached hydrogens (tertiary/aromatic N) is 3. The van der Waals surface area contributed by atoms with Crippen LogP contribution in [0.2, 0.25) is 0 Å². The van der Waals surface area contributed by atoms with E-state index in [0.29, 0.717) is 37.9 Å². The van der Waals surface area contributed by atoms with E-state index in [-0.39, 0.29) is 0 Å². The Morgan fingerprint density at radius 3 is 2.62 bits per heavy atom. The van der Waals surface area contributed by atoms with E-state index in [1.807, 2.05) is 17.9 Å². The largest absolute Gasteiger partial charge is 0.389 e. The number of hydrogen-bond acceptors (Lipinski definition) is 7. The van der Waals surface area contributed by atoms with Crippen molar-refractivity contribution in [2.75, 3.05) is 36.5 Å². The van der Waals surface area contributed by atoms with E-state index < -0.39 is 12.2 Å². The molecule has 2 heterocycles. The third kappa shape index (κ3) is 4.26. The molecule has 0 spiro atoms. The fourth-order valence-electron chi connectivity index (χ4n) is 2.20. The third-order valence-corrected chi connectivity index (χ3v) is 3.33. The van der Waals surface area contributed by atoms with Gasteiger partial charge in [0.05, 0.1) is 12.2 Å². The molecule has 0 radical (unpaired) electrons. The molecule has 1 aromatic rings. The maximum atomic E-state index is 9.68. The second-order valence-electron chi connectivity index (χ2n) is 5.13. The predicted octanol–water partition coefficient (Wildman–Crippen LogP) is 0.377. The topological polar surface area (TPSA) is 90.7 Å². The maximum Gasteiger partial charge on any atom is 0.158 e. The molecule has 1 aliphatic rings. The number of aliphatic hydroxyl groups excluding tert-OH is 2. The van der Waals surface area contributed by atoms with Crippen molar-refractivity contribution in [3.05, 3.63) is 11.9 Å². The molecule has 0 aromatic carbocycles. The lowest BCUT2D eigenvalue weighted by Crippen LogP contribution is -2.23. The monoisotopic (exact) mass is 296 g/mol. The summed E-state index contributed by atoms with van der Waals surface area (Å²) in [4.78, 5) is 10.7. The smallest absolute Gasteiger partial charge is 0.158 e. The quantitative estimate of drug-likeness (QED) is 0.670. The standard InChI is InChI=1S/C14H24N4O3/c1-3-5-15-12-6-14(17-13(16-12)9-21-4-2)18-7-10(19)11(20)8-18/h6,10-11,19-20H,3-5,7-9H2,1-2H3,(H,15,16,17).